The zero-order valence-corrected chi connectivity index (χ0v) is 10.6. The number of benzene rings is 1. The molecule has 0 aromatic heterocycles. The molecule has 0 radical (unpaired) electrons. The number of hydrogen-bond acceptors (Lipinski definition) is 4. The molecule has 5 nitrogen and oxygen atoms in total. The number of nitrogens with zero attached hydrogens (tertiary/aromatic N) is 1. The van der Waals surface area contributed by atoms with Crippen molar-refractivity contribution in [3.05, 3.63) is 33.9 Å². The molecule has 0 unspecified atom stereocenters. The molecule has 0 aliphatic heterocycles. The van der Waals surface area contributed by atoms with Crippen molar-refractivity contribution in [2.75, 3.05) is 19.0 Å². The van der Waals surface area contributed by atoms with Crippen LogP contribution in [0.5, 0.6) is 0 Å². The van der Waals surface area contributed by atoms with Gasteiger partial charge in [-0.1, -0.05) is 6.07 Å². The van der Waals surface area contributed by atoms with Gasteiger partial charge in [-0.25, -0.2) is 0 Å². The van der Waals surface area contributed by atoms with Gasteiger partial charge in [0, 0.05) is 13.2 Å². The van der Waals surface area contributed by atoms with E-state index in [4.69, 9.17) is 4.74 Å². The molecule has 1 aromatic rings. The van der Waals surface area contributed by atoms with Crippen LogP contribution >= 0.6 is 0 Å². The Balaban J connectivity index is 3.02. The van der Waals surface area contributed by atoms with Crippen molar-refractivity contribution in [1.29, 1.82) is 0 Å². The van der Waals surface area contributed by atoms with Crippen LogP contribution in [0.3, 0.4) is 0 Å². The fourth-order valence-corrected chi connectivity index (χ4v) is 1.66. The van der Waals surface area contributed by atoms with E-state index in [-0.39, 0.29) is 16.1 Å². The van der Waals surface area contributed by atoms with Crippen LogP contribution in [-0.2, 0) is 4.74 Å². The second kappa shape index (κ2) is 5.14. The Kier molecular flexibility index (Phi) is 4.07. The topological polar surface area (TPSA) is 64.4 Å². The highest BCUT2D eigenvalue weighted by molar-refractivity contribution is 5.63. The Morgan fingerprint density at radius 3 is 2.65 bits per heavy atom. The molecule has 0 saturated carbocycles. The van der Waals surface area contributed by atoms with Crippen molar-refractivity contribution in [1.82, 2.24) is 0 Å². The molecule has 0 aliphatic carbocycles. The van der Waals surface area contributed by atoms with Crippen molar-refractivity contribution >= 4 is 11.4 Å². The smallest absolute Gasteiger partial charge is 0.292 e. The minimum absolute atomic E-state index is 0.0918. The van der Waals surface area contributed by atoms with Crippen molar-refractivity contribution < 1.29 is 9.66 Å². The molecule has 5 heteroatoms. The number of ether oxygens (including phenoxy) is 1. The van der Waals surface area contributed by atoms with Gasteiger partial charge in [-0.15, -0.1) is 0 Å². The molecular weight excluding hydrogens is 220 g/mol. The molecule has 1 N–H and O–H groups in total. The lowest BCUT2D eigenvalue weighted by atomic mass is 10.1. The molecule has 0 saturated heterocycles. The van der Waals surface area contributed by atoms with Gasteiger partial charge in [-0.3, -0.25) is 10.1 Å². The molecule has 0 atom stereocenters. The third-order valence-electron chi connectivity index (χ3n) is 2.33. The van der Waals surface area contributed by atoms with Crippen molar-refractivity contribution in [3.8, 4) is 0 Å². The number of nitro groups is 1. The van der Waals surface area contributed by atoms with E-state index < -0.39 is 0 Å². The van der Waals surface area contributed by atoms with E-state index in [2.05, 4.69) is 5.32 Å². The molecule has 94 valence electrons. The third kappa shape index (κ3) is 3.71. The summed E-state index contributed by atoms with van der Waals surface area (Å²) < 4.78 is 5.07. The van der Waals surface area contributed by atoms with Crippen LogP contribution in [-0.4, -0.2) is 24.2 Å². The molecule has 0 fully saturated rings. The standard InChI is InChI=1S/C12H18N2O3/c1-9-5-6-10(11(7-9)14(15)16)13-12(2,3)8-17-4/h5-7,13H,8H2,1-4H3. The van der Waals surface area contributed by atoms with Gasteiger partial charge < -0.3 is 10.1 Å². The van der Waals surface area contributed by atoms with E-state index in [9.17, 15) is 10.1 Å². The first-order valence-corrected chi connectivity index (χ1v) is 5.38. The first-order valence-electron chi connectivity index (χ1n) is 5.38. The summed E-state index contributed by atoms with van der Waals surface area (Å²) in [5, 5.41) is 14.1. The van der Waals surface area contributed by atoms with Crippen molar-refractivity contribution in [3.63, 3.8) is 0 Å². The highest BCUT2D eigenvalue weighted by atomic mass is 16.6. The summed E-state index contributed by atoms with van der Waals surface area (Å²) in [5.41, 5.74) is 1.12. The van der Waals surface area contributed by atoms with Gasteiger partial charge in [-0.2, -0.15) is 0 Å². The lowest BCUT2D eigenvalue weighted by Crippen LogP contribution is -2.36. The molecule has 0 spiro atoms. The Labute approximate surface area is 101 Å². The van der Waals surface area contributed by atoms with Crippen LogP contribution in [0, 0.1) is 17.0 Å². The molecule has 0 bridgehead atoms. The van der Waals surface area contributed by atoms with E-state index >= 15 is 0 Å². The van der Waals surface area contributed by atoms with Crippen LogP contribution in [0.25, 0.3) is 0 Å². The number of rotatable bonds is 5. The Hall–Kier alpha value is -1.62. The number of nitro benzene ring substituents is 1. The second-order valence-corrected chi connectivity index (χ2v) is 4.72. The van der Waals surface area contributed by atoms with Gasteiger partial charge in [0.25, 0.3) is 5.69 Å². The zero-order valence-electron chi connectivity index (χ0n) is 10.6. The van der Waals surface area contributed by atoms with Gasteiger partial charge >= 0.3 is 0 Å². The first-order chi connectivity index (χ1) is 7.85. The Morgan fingerprint density at radius 1 is 1.47 bits per heavy atom. The molecule has 0 amide bonds. The normalized spacial score (nSPS) is 11.3. The summed E-state index contributed by atoms with van der Waals surface area (Å²) in [7, 11) is 1.60. The minimum Gasteiger partial charge on any atom is -0.382 e. The predicted molar refractivity (Wildman–Crippen MR) is 67.4 cm³/mol. The monoisotopic (exact) mass is 238 g/mol. The first kappa shape index (κ1) is 13.4. The molecule has 17 heavy (non-hydrogen) atoms. The molecule has 0 aliphatic rings. The molecular formula is C12H18N2O3. The number of hydrogen-bond donors (Lipinski definition) is 1. The lowest BCUT2D eigenvalue weighted by Gasteiger charge is -2.26. The Morgan fingerprint density at radius 2 is 2.12 bits per heavy atom. The van der Waals surface area contributed by atoms with E-state index in [1.54, 1.807) is 19.2 Å². The predicted octanol–water partition coefficient (Wildman–Crippen LogP) is 2.74. The summed E-state index contributed by atoms with van der Waals surface area (Å²) in [6, 6.07) is 5.13. The Bertz CT molecular complexity index is 416. The molecule has 0 heterocycles. The highest BCUT2D eigenvalue weighted by Crippen LogP contribution is 2.28. The van der Waals surface area contributed by atoms with E-state index in [0.29, 0.717) is 12.3 Å². The maximum Gasteiger partial charge on any atom is 0.292 e. The van der Waals surface area contributed by atoms with Crippen molar-refractivity contribution in [2.24, 2.45) is 0 Å². The number of aryl methyl sites for hydroxylation is 1. The summed E-state index contributed by atoms with van der Waals surface area (Å²) >= 11 is 0. The van der Waals surface area contributed by atoms with Crippen LogP contribution in [0.4, 0.5) is 11.4 Å². The summed E-state index contributed by atoms with van der Waals surface area (Å²) in [6.45, 7) is 6.16. The largest absolute Gasteiger partial charge is 0.382 e. The maximum absolute atomic E-state index is 11.0. The third-order valence-corrected chi connectivity index (χ3v) is 2.33. The number of anilines is 1. The fraction of sp³-hybridized carbons (Fsp3) is 0.500. The summed E-state index contributed by atoms with van der Waals surface area (Å²) in [4.78, 5) is 10.6. The average Bonchev–Trinajstić information content (AvgIpc) is 2.20. The van der Waals surface area contributed by atoms with Gasteiger partial charge in [0.1, 0.15) is 5.69 Å². The lowest BCUT2D eigenvalue weighted by molar-refractivity contribution is -0.384. The van der Waals surface area contributed by atoms with Gasteiger partial charge in [0.05, 0.1) is 17.1 Å². The van der Waals surface area contributed by atoms with E-state index in [0.717, 1.165) is 5.56 Å². The van der Waals surface area contributed by atoms with Gasteiger partial charge in [0.2, 0.25) is 0 Å². The quantitative estimate of drug-likeness (QED) is 0.632. The van der Waals surface area contributed by atoms with Crippen LogP contribution in [0.2, 0.25) is 0 Å². The molecule has 1 rings (SSSR count). The van der Waals surface area contributed by atoms with Crippen LogP contribution in [0.1, 0.15) is 19.4 Å². The summed E-state index contributed by atoms with van der Waals surface area (Å²) in [5.74, 6) is 0. The fourth-order valence-electron chi connectivity index (χ4n) is 1.66. The summed E-state index contributed by atoms with van der Waals surface area (Å²) in [6.07, 6.45) is 0. The molecule has 1 aromatic carbocycles. The minimum atomic E-state index is -0.377. The zero-order chi connectivity index (χ0) is 13.1. The van der Waals surface area contributed by atoms with E-state index in [1.165, 1.54) is 0 Å². The van der Waals surface area contributed by atoms with Gasteiger partial charge in [-0.05, 0) is 32.4 Å². The average molecular weight is 238 g/mol. The maximum atomic E-state index is 11.0. The number of methoxy groups -OCH3 is 1. The highest BCUT2D eigenvalue weighted by Gasteiger charge is 2.22. The second-order valence-electron chi connectivity index (χ2n) is 4.72. The SMILES string of the molecule is COCC(C)(C)Nc1ccc(C)cc1[N+](=O)[O-]. The van der Waals surface area contributed by atoms with Gasteiger partial charge in [0.15, 0.2) is 0 Å². The van der Waals surface area contributed by atoms with Crippen LogP contribution < -0.4 is 5.32 Å². The van der Waals surface area contributed by atoms with Crippen LogP contribution in [0.15, 0.2) is 18.2 Å². The van der Waals surface area contributed by atoms with Crippen molar-refractivity contribution in [2.45, 2.75) is 26.3 Å². The van der Waals surface area contributed by atoms with E-state index in [1.807, 2.05) is 26.8 Å². The number of nitrogens with one attached hydrogen (secondary N) is 1.